The number of amides is 2. The number of carbonyl (C=O) groups is 2. The standard InChI is InChI=1S/C17H25N5O2/c1-13(2)11-22-12-14(9-16(22)23)17(24)21-7-5-20(6-8-21)15-10-18-3-4-19-15/h3-4,10,13-14H,5-9,11-12H2,1-2H3/t14-/m0/s1. The minimum absolute atomic E-state index is 0.111. The molecule has 1 aromatic heterocycles. The Labute approximate surface area is 142 Å². The topological polar surface area (TPSA) is 69.6 Å². The Kier molecular flexibility index (Phi) is 4.97. The highest BCUT2D eigenvalue weighted by atomic mass is 16.2. The quantitative estimate of drug-likeness (QED) is 0.809. The first-order chi connectivity index (χ1) is 11.5. The van der Waals surface area contributed by atoms with Crippen LogP contribution in [0.25, 0.3) is 0 Å². The van der Waals surface area contributed by atoms with Crippen molar-refractivity contribution in [3.05, 3.63) is 18.6 Å². The van der Waals surface area contributed by atoms with Gasteiger partial charge in [-0.05, 0) is 5.92 Å². The van der Waals surface area contributed by atoms with E-state index in [4.69, 9.17) is 0 Å². The second-order valence-electron chi connectivity index (χ2n) is 6.97. The van der Waals surface area contributed by atoms with Gasteiger partial charge in [0.1, 0.15) is 5.82 Å². The van der Waals surface area contributed by atoms with Crippen LogP contribution in [0.4, 0.5) is 5.82 Å². The highest BCUT2D eigenvalue weighted by Gasteiger charge is 2.37. The number of nitrogens with zero attached hydrogens (tertiary/aromatic N) is 5. The lowest BCUT2D eigenvalue weighted by molar-refractivity contribution is -0.136. The molecule has 130 valence electrons. The van der Waals surface area contributed by atoms with Gasteiger partial charge in [0.25, 0.3) is 0 Å². The summed E-state index contributed by atoms with van der Waals surface area (Å²) in [6.45, 7) is 8.34. The van der Waals surface area contributed by atoms with E-state index in [9.17, 15) is 9.59 Å². The number of piperazine rings is 1. The number of aromatic nitrogens is 2. The highest BCUT2D eigenvalue weighted by Crippen LogP contribution is 2.22. The number of hydrogen-bond donors (Lipinski definition) is 0. The van der Waals surface area contributed by atoms with Crippen LogP contribution in [0.15, 0.2) is 18.6 Å². The van der Waals surface area contributed by atoms with Gasteiger partial charge < -0.3 is 14.7 Å². The van der Waals surface area contributed by atoms with Crippen molar-refractivity contribution in [2.45, 2.75) is 20.3 Å². The van der Waals surface area contributed by atoms with Gasteiger partial charge in [0.15, 0.2) is 0 Å². The number of carbonyl (C=O) groups excluding carboxylic acids is 2. The molecule has 0 aromatic carbocycles. The average molecular weight is 331 g/mol. The van der Waals surface area contributed by atoms with Crippen LogP contribution in [0.3, 0.4) is 0 Å². The molecule has 7 heteroatoms. The summed E-state index contributed by atoms with van der Waals surface area (Å²) in [5.74, 6) is 1.33. The summed E-state index contributed by atoms with van der Waals surface area (Å²) < 4.78 is 0. The largest absolute Gasteiger partial charge is 0.352 e. The Hall–Kier alpha value is -2.18. The molecule has 2 fully saturated rings. The van der Waals surface area contributed by atoms with E-state index in [1.165, 1.54) is 0 Å². The summed E-state index contributed by atoms with van der Waals surface area (Å²) in [6.07, 6.45) is 5.44. The number of likely N-dealkylation sites (tertiary alicyclic amines) is 1. The third-order valence-electron chi connectivity index (χ3n) is 4.61. The van der Waals surface area contributed by atoms with E-state index in [0.29, 0.717) is 32.0 Å². The van der Waals surface area contributed by atoms with Gasteiger partial charge >= 0.3 is 0 Å². The van der Waals surface area contributed by atoms with Crippen LogP contribution < -0.4 is 4.90 Å². The van der Waals surface area contributed by atoms with Crippen LogP contribution >= 0.6 is 0 Å². The van der Waals surface area contributed by atoms with Crippen molar-refractivity contribution in [3.63, 3.8) is 0 Å². The van der Waals surface area contributed by atoms with E-state index in [-0.39, 0.29) is 17.7 Å². The normalized spacial score (nSPS) is 21.7. The highest BCUT2D eigenvalue weighted by molar-refractivity contribution is 5.89. The molecule has 0 saturated carbocycles. The molecule has 24 heavy (non-hydrogen) atoms. The zero-order valence-corrected chi connectivity index (χ0v) is 14.4. The Balaban J connectivity index is 1.53. The van der Waals surface area contributed by atoms with Crippen molar-refractivity contribution >= 4 is 17.6 Å². The molecule has 3 rings (SSSR count). The maximum atomic E-state index is 12.7. The van der Waals surface area contributed by atoms with E-state index in [1.807, 2.05) is 9.80 Å². The molecule has 2 aliphatic rings. The van der Waals surface area contributed by atoms with E-state index < -0.39 is 0 Å². The van der Waals surface area contributed by atoms with Crippen LogP contribution in [0.1, 0.15) is 20.3 Å². The van der Waals surface area contributed by atoms with Gasteiger partial charge in [0.2, 0.25) is 11.8 Å². The maximum Gasteiger partial charge on any atom is 0.228 e. The number of hydrogen-bond acceptors (Lipinski definition) is 5. The van der Waals surface area contributed by atoms with Gasteiger partial charge in [0.05, 0.1) is 12.1 Å². The smallest absolute Gasteiger partial charge is 0.228 e. The van der Waals surface area contributed by atoms with E-state index in [0.717, 1.165) is 25.5 Å². The van der Waals surface area contributed by atoms with Crippen molar-refractivity contribution < 1.29 is 9.59 Å². The summed E-state index contributed by atoms with van der Waals surface area (Å²) in [7, 11) is 0. The summed E-state index contributed by atoms with van der Waals surface area (Å²) in [4.78, 5) is 39.1. The molecular weight excluding hydrogens is 306 g/mol. The molecule has 0 N–H and O–H groups in total. The molecule has 0 unspecified atom stereocenters. The SMILES string of the molecule is CC(C)CN1C[C@@H](C(=O)N2CCN(c3cnccn3)CC2)CC1=O. The molecule has 0 aliphatic carbocycles. The first kappa shape index (κ1) is 16.7. The lowest BCUT2D eigenvalue weighted by atomic mass is 10.1. The lowest BCUT2D eigenvalue weighted by Crippen LogP contribution is -2.51. The van der Waals surface area contributed by atoms with Crippen LogP contribution in [-0.4, -0.2) is 70.9 Å². The molecule has 0 radical (unpaired) electrons. The van der Waals surface area contributed by atoms with Crippen molar-refractivity contribution in [1.82, 2.24) is 19.8 Å². The molecule has 7 nitrogen and oxygen atoms in total. The first-order valence-electron chi connectivity index (χ1n) is 8.62. The predicted molar refractivity (Wildman–Crippen MR) is 90.4 cm³/mol. The van der Waals surface area contributed by atoms with Crippen molar-refractivity contribution in [3.8, 4) is 0 Å². The second-order valence-corrected chi connectivity index (χ2v) is 6.97. The monoisotopic (exact) mass is 331 g/mol. The van der Waals surface area contributed by atoms with E-state index >= 15 is 0 Å². The van der Waals surface area contributed by atoms with Crippen LogP contribution in [0.2, 0.25) is 0 Å². The Morgan fingerprint density at radius 1 is 1.25 bits per heavy atom. The summed E-state index contributed by atoms with van der Waals surface area (Å²) in [5, 5.41) is 0. The Bertz CT molecular complexity index is 584. The van der Waals surface area contributed by atoms with Crippen molar-refractivity contribution in [1.29, 1.82) is 0 Å². The molecule has 2 aliphatic heterocycles. The molecule has 0 spiro atoms. The zero-order chi connectivity index (χ0) is 17.1. The lowest BCUT2D eigenvalue weighted by Gasteiger charge is -2.36. The van der Waals surface area contributed by atoms with Gasteiger partial charge in [-0.2, -0.15) is 0 Å². The Morgan fingerprint density at radius 3 is 2.62 bits per heavy atom. The van der Waals surface area contributed by atoms with Crippen molar-refractivity contribution in [2.75, 3.05) is 44.2 Å². The van der Waals surface area contributed by atoms with Crippen LogP contribution in [-0.2, 0) is 9.59 Å². The molecule has 2 amide bonds. The summed E-state index contributed by atoms with van der Waals surface area (Å²) >= 11 is 0. The molecular formula is C17H25N5O2. The van der Waals surface area contributed by atoms with E-state index in [1.54, 1.807) is 18.6 Å². The summed E-state index contributed by atoms with van der Waals surface area (Å²) in [6, 6.07) is 0. The molecule has 1 aromatic rings. The zero-order valence-electron chi connectivity index (χ0n) is 14.4. The van der Waals surface area contributed by atoms with Crippen molar-refractivity contribution in [2.24, 2.45) is 11.8 Å². The predicted octanol–water partition coefficient (Wildman–Crippen LogP) is 0.630. The number of rotatable bonds is 4. The average Bonchev–Trinajstić information content (AvgIpc) is 2.95. The first-order valence-corrected chi connectivity index (χ1v) is 8.62. The van der Waals surface area contributed by atoms with Crippen LogP contribution in [0.5, 0.6) is 0 Å². The summed E-state index contributed by atoms with van der Waals surface area (Å²) in [5.41, 5.74) is 0. The minimum atomic E-state index is -0.181. The molecule has 0 bridgehead atoms. The number of anilines is 1. The Morgan fingerprint density at radius 2 is 2.00 bits per heavy atom. The fraction of sp³-hybridized carbons (Fsp3) is 0.647. The fourth-order valence-electron chi connectivity index (χ4n) is 3.42. The fourth-order valence-corrected chi connectivity index (χ4v) is 3.42. The van der Waals surface area contributed by atoms with Gasteiger partial charge in [0, 0.05) is 58.1 Å². The molecule has 1 atom stereocenters. The molecule has 3 heterocycles. The minimum Gasteiger partial charge on any atom is -0.352 e. The van der Waals surface area contributed by atoms with Gasteiger partial charge in [-0.15, -0.1) is 0 Å². The third-order valence-corrected chi connectivity index (χ3v) is 4.61. The second kappa shape index (κ2) is 7.15. The maximum absolute atomic E-state index is 12.7. The molecule has 2 saturated heterocycles. The van der Waals surface area contributed by atoms with E-state index in [2.05, 4.69) is 28.7 Å². The van der Waals surface area contributed by atoms with Gasteiger partial charge in [-0.3, -0.25) is 14.6 Å². The third kappa shape index (κ3) is 3.66. The van der Waals surface area contributed by atoms with Crippen LogP contribution in [0, 0.1) is 11.8 Å². The van der Waals surface area contributed by atoms with Gasteiger partial charge in [-0.25, -0.2) is 4.98 Å². The van der Waals surface area contributed by atoms with Gasteiger partial charge in [-0.1, -0.05) is 13.8 Å².